The number of H-pyrrole nitrogens is 1. The van der Waals surface area contributed by atoms with Gasteiger partial charge in [0.25, 0.3) is 0 Å². The Kier molecular flexibility index (Phi) is 5.56. The lowest BCUT2D eigenvalue weighted by atomic mass is 10.1. The number of aromatic amines is 1. The van der Waals surface area contributed by atoms with Crippen molar-refractivity contribution in [2.24, 2.45) is 5.92 Å². The van der Waals surface area contributed by atoms with E-state index in [-0.39, 0.29) is 35.3 Å². The van der Waals surface area contributed by atoms with Crippen LogP contribution >= 0.6 is 11.3 Å². The van der Waals surface area contributed by atoms with E-state index in [4.69, 9.17) is 4.74 Å². The number of aromatic nitrogens is 3. The number of nitrogens with one attached hydrogen (secondary N) is 2. The van der Waals surface area contributed by atoms with Gasteiger partial charge in [0.1, 0.15) is 5.75 Å². The summed E-state index contributed by atoms with van der Waals surface area (Å²) in [6.45, 7) is 0.616. The first-order valence-electron chi connectivity index (χ1n) is 9.38. The van der Waals surface area contributed by atoms with Gasteiger partial charge in [0.15, 0.2) is 0 Å². The van der Waals surface area contributed by atoms with E-state index in [1.807, 2.05) is 24.4 Å². The molecule has 12 heteroatoms. The topological polar surface area (TPSA) is 100 Å². The molecule has 2 N–H and O–H groups in total. The van der Waals surface area contributed by atoms with Gasteiger partial charge in [-0.25, -0.2) is 0 Å². The maximum atomic E-state index is 12.6. The first-order chi connectivity index (χ1) is 14.7. The van der Waals surface area contributed by atoms with Gasteiger partial charge in [-0.3, -0.25) is 9.59 Å². The number of anilines is 1. The lowest BCUT2D eigenvalue weighted by Crippen LogP contribution is -2.30. The molecule has 8 nitrogen and oxygen atoms in total. The molecular formula is C19H18F3N5O3S. The van der Waals surface area contributed by atoms with Crippen molar-refractivity contribution in [2.75, 3.05) is 25.5 Å². The molecule has 1 atom stereocenters. The van der Waals surface area contributed by atoms with E-state index in [2.05, 4.69) is 20.5 Å². The molecule has 164 valence electrons. The monoisotopic (exact) mass is 453 g/mol. The third-order valence-electron chi connectivity index (χ3n) is 5.11. The summed E-state index contributed by atoms with van der Waals surface area (Å²) in [5.41, 5.74) is 1.97. The third kappa shape index (κ3) is 4.48. The number of hydrogen-bond acceptors (Lipinski definition) is 6. The van der Waals surface area contributed by atoms with Crippen LogP contribution in [0.25, 0.3) is 10.9 Å². The van der Waals surface area contributed by atoms with Gasteiger partial charge < -0.3 is 19.9 Å². The second-order valence-electron chi connectivity index (χ2n) is 7.12. The molecule has 0 spiro atoms. The number of rotatable bonds is 6. The lowest BCUT2D eigenvalue weighted by molar-refractivity contribution is -0.138. The number of halogens is 3. The average Bonchev–Trinajstić information content (AvgIpc) is 3.44. The average molecular weight is 453 g/mol. The highest BCUT2D eigenvalue weighted by atomic mass is 32.1. The minimum atomic E-state index is -4.62. The Hall–Kier alpha value is -3.15. The molecule has 1 aromatic carbocycles. The standard InChI is InChI=1S/C19H18F3N5O3S/c1-30-12-2-3-14-13(7-12)10(8-23-14)4-5-27-9-11(6-15(27)28)16(29)24-18-26-25-17(31-18)19(20,21)22/h2-3,7-8,11,23H,4-6,9H2,1H3,(H,24,26,29)/t11-/m0/s1. The second-order valence-corrected chi connectivity index (χ2v) is 8.09. The molecule has 1 aliphatic heterocycles. The van der Waals surface area contributed by atoms with E-state index in [0.29, 0.717) is 13.0 Å². The van der Waals surface area contributed by atoms with E-state index in [0.717, 1.165) is 22.2 Å². The van der Waals surface area contributed by atoms with Crippen molar-refractivity contribution < 1.29 is 27.5 Å². The zero-order chi connectivity index (χ0) is 22.2. The minimum Gasteiger partial charge on any atom is -0.497 e. The van der Waals surface area contributed by atoms with Crippen molar-refractivity contribution in [3.05, 3.63) is 35.0 Å². The van der Waals surface area contributed by atoms with Crippen molar-refractivity contribution in [3.8, 4) is 5.75 Å². The Morgan fingerprint density at radius 2 is 2.19 bits per heavy atom. The molecule has 3 aromatic rings. The summed E-state index contributed by atoms with van der Waals surface area (Å²) in [6.07, 6.45) is -2.16. The van der Waals surface area contributed by atoms with Gasteiger partial charge in [-0.15, -0.1) is 10.2 Å². The Morgan fingerprint density at radius 3 is 2.90 bits per heavy atom. The molecule has 4 rings (SSSR count). The maximum Gasteiger partial charge on any atom is 0.445 e. The van der Waals surface area contributed by atoms with Gasteiger partial charge in [-0.05, 0) is 30.2 Å². The third-order valence-corrected chi connectivity index (χ3v) is 5.99. The normalized spacial score (nSPS) is 16.8. The predicted octanol–water partition coefficient (Wildman–Crippen LogP) is 3.08. The van der Waals surface area contributed by atoms with Crippen molar-refractivity contribution >= 4 is 39.2 Å². The molecular weight excluding hydrogens is 435 g/mol. The van der Waals surface area contributed by atoms with Crippen LogP contribution in [0.1, 0.15) is 17.0 Å². The molecule has 3 heterocycles. The lowest BCUT2D eigenvalue weighted by Gasteiger charge is -2.16. The quantitative estimate of drug-likeness (QED) is 0.598. The van der Waals surface area contributed by atoms with Crippen LogP contribution in [0.3, 0.4) is 0 Å². The highest BCUT2D eigenvalue weighted by Gasteiger charge is 2.37. The van der Waals surface area contributed by atoms with Crippen LogP contribution in [0.2, 0.25) is 0 Å². The van der Waals surface area contributed by atoms with Crippen LogP contribution in [0.4, 0.5) is 18.3 Å². The number of fused-ring (bicyclic) bond motifs is 1. The van der Waals surface area contributed by atoms with Crippen molar-refractivity contribution in [2.45, 2.75) is 19.0 Å². The van der Waals surface area contributed by atoms with Crippen LogP contribution in [0, 0.1) is 5.92 Å². The molecule has 0 aliphatic carbocycles. The number of carbonyl (C=O) groups excluding carboxylic acids is 2. The molecule has 31 heavy (non-hydrogen) atoms. The number of nitrogens with zero attached hydrogens (tertiary/aromatic N) is 3. The summed E-state index contributed by atoms with van der Waals surface area (Å²) in [4.78, 5) is 29.5. The summed E-state index contributed by atoms with van der Waals surface area (Å²) < 4.78 is 43.1. The summed E-state index contributed by atoms with van der Waals surface area (Å²) in [5, 5.41) is 8.33. The van der Waals surface area contributed by atoms with Crippen LogP contribution in [0.15, 0.2) is 24.4 Å². The first-order valence-corrected chi connectivity index (χ1v) is 10.2. The van der Waals surface area contributed by atoms with Gasteiger partial charge in [0, 0.05) is 36.6 Å². The van der Waals surface area contributed by atoms with Crippen molar-refractivity contribution in [1.29, 1.82) is 0 Å². The molecule has 2 amide bonds. The van der Waals surface area contributed by atoms with E-state index in [1.165, 1.54) is 0 Å². The summed E-state index contributed by atoms with van der Waals surface area (Å²) in [6, 6.07) is 5.68. The molecule has 1 aliphatic rings. The number of hydrogen-bond donors (Lipinski definition) is 2. The zero-order valence-corrected chi connectivity index (χ0v) is 17.1. The van der Waals surface area contributed by atoms with E-state index in [1.54, 1.807) is 12.0 Å². The molecule has 2 aromatic heterocycles. The summed E-state index contributed by atoms with van der Waals surface area (Å²) >= 11 is 0.250. The number of benzene rings is 1. The van der Waals surface area contributed by atoms with E-state index >= 15 is 0 Å². The number of alkyl halides is 3. The van der Waals surface area contributed by atoms with Gasteiger partial charge in [-0.2, -0.15) is 13.2 Å². The Bertz CT molecular complexity index is 1130. The van der Waals surface area contributed by atoms with E-state index < -0.39 is 23.0 Å². The van der Waals surface area contributed by atoms with Crippen LogP contribution < -0.4 is 10.1 Å². The Balaban J connectivity index is 1.36. The predicted molar refractivity (Wildman–Crippen MR) is 107 cm³/mol. The van der Waals surface area contributed by atoms with Crippen LogP contribution in [0.5, 0.6) is 5.75 Å². The highest BCUT2D eigenvalue weighted by molar-refractivity contribution is 7.15. The molecule has 1 fully saturated rings. The minimum absolute atomic E-state index is 0.00152. The zero-order valence-electron chi connectivity index (χ0n) is 16.3. The molecule has 0 saturated carbocycles. The number of methoxy groups -OCH3 is 1. The highest BCUT2D eigenvalue weighted by Crippen LogP contribution is 2.33. The molecule has 1 saturated heterocycles. The number of likely N-dealkylation sites (tertiary alicyclic amines) is 1. The fraction of sp³-hybridized carbons (Fsp3) is 0.368. The second kappa shape index (κ2) is 8.17. The number of ether oxygens (including phenoxy) is 1. The molecule has 0 bridgehead atoms. The number of amides is 2. The Labute approximate surface area is 178 Å². The summed E-state index contributed by atoms with van der Waals surface area (Å²) in [5.74, 6) is -0.648. The van der Waals surface area contributed by atoms with E-state index in [9.17, 15) is 22.8 Å². The van der Waals surface area contributed by atoms with Gasteiger partial charge in [-0.1, -0.05) is 11.3 Å². The van der Waals surface area contributed by atoms with Gasteiger partial charge in [0.2, 0.25) is 22.0 Å². The smallest absolute Gasteiger partial charge is 0.445 e. The molecule has 0 unspecified atom stereocenters. The van der Waals surface area contributed by atoms with Crippen LogP contribution in [-0.2, 0) is 22.2 Å². The molecule has 0 radical (unpaired) electrons. The largest absolute Gasteiger partial charge is 0.497 e. The number of carbonyl (C=O) groups is 2. The SMILES string of the molecule is COc1ccc2[nH]cc(CCN3C[C@@H](C(=O)Nc4nnc(C(F)(F)F)s4)CC3=O)c2c1. The fourth-order valence-electron chi connectivity index (χ4n) is 3.51. The van der Waals surface area contributed by atoms with Crippen LogP contribution in [-0.4, -0.2) is 52.1 Å². The van der Waals surface area contributed by atoms with Crippen molar-refractivity contribution in [3.63, 3.8) is 0 Å². The fourth-order valence-corrected chi connectivity index (χ4v) is 4.12. The summed E-state index contributed by atoms with van der Waals surface area (Å²) in [7, 11) is 1.59. The maximum absolute atomic E-state index is 12.6. The van der Waals surface area contributed by atoms with Crippen molar-refractivity contribution in [1.82, 2.24) is 20.1 Å². The first kappa shape index (κ1) is 21.1. The van der Waals surface area contributed by atoms with Gasteiger partial charge >= 0.3 is 6.18 Å². The van der Waals surface area contributed by atoms with Gasteiger partial charge in [0.05, 0.1) is 13.0 Å². The Morgan fingerprint density at radius 1 is 1.39 bits per heavy atom.